The van der Waals surface area contributed by atoms with Crippen LogP contribution in [0.4, 0.5) is 0 Å². The van der Waals surface area contributed by atoms with Gasteiger partial charge < -0.3 is 13.6 Å². The molecule has 0 amide bonds. The summed E-state index contributed by atoms with van der Waals surface area (Å²) < 4.78 is 31.2. The predicted molar refractivity (Wildman–Crippen MR) is 124 cm³/mol. The molecule has 0 fully saturated rings. The van der Waals surface area contributed by atoms with E-state index in [1.165, 1.54) is 0 Å². The molecule has 0 aromatic heterocycles. The zero-order chi connectivity index (χ0) is 21.1. The number of para-hydroxylation sites is 1. The topological polar surface area (TPSA) is 44.8 Å². The number of fused-ring (bicyclic) bond motifs is 2. The average Bonchev–Trinajstić information content (AvgIpc) is 2.79. The van der Waals surface area contributed by atoms with E-state index in [0.717, 1.165) is 21.5 Å². The molecule has 0 unspecified atom stereocenters. The second-order valence-corrected chi connectivity index (χ2v) is 8.49. The van der Waals surface area contributed by atoms with Crippen LogP contribution in [0, 0.1) is 0 Å². The van der Waals surface area contributed by atoms with Crippen molar-refractivity contribution < 1.29 is 18.1 Å². The van der Waals surface area contributed by atoms with Gasteiger partial charge >= 0.3 is 7.82 Å². The van der Waals surface area contributed by atoms with Gasteiger partial charge in [0.25, 0.3) is 0 Å². The van der Waals surface area contributed by atoms with Gasteiger partial charge in [-0.2, -0.15) is 4.57 Å². The Hall–Kier alpha value is -3.75. The van der Waals surface area contributed by atoms with Gasteiger partial charge in [0.2, 0.25) is 0 Å². The standard InChI is InChI=1S/C26H19O4P/c27-31(28-24-12-2-1-3-13-24,29-25-16-14-20-8-4-6-10-22(20)18-25)30-26-17-15-21-9-5-7-11-23(21)19-26/h1-19H. The minimum atomic E-state index is -4.04. The number of hydrogen-bond acceptors (Lipinski definition) is 4. The van der Waals surface area contributed by atoms with Crippen molar-refractivity contribution in [1.29, 1.82) is 0 Å². The molecule has 0 N–H and O–H groups in total. The van der Waals surface area contributed by atoms with Crippen molar-refractivity contribution in [3.05, 3.63) is 115 Å². The highest BCUT2D eigenvalue weighted by molar-refractivity contribution is 7.49. The summed E-state index contributed by atoms with van der Waals surface area (Å²) in [5.41, 5.74) is 0. The van der Waals surface area contributed by atoms with E-state index >= 15 is 0 Å². The van der Waals surface area contributed by atoms with Crippen LogP contribution >= 0.6 is 7.82 Å². The molecule has 0 aliphatic heterocycles. The highest BCUT2D eigenvalue weighted by Gasteiger charge is 2.33. The lowest BCUT2D eigenvalue weighted by Gasteiger charge is -2.20. The third-order valence-electron chi connectivity index (χ3n) is 4.84. The summed E-state index contributed by atoms with van der Waals surface area (Å²) in [6.45, 7) is 0. The molecule has 0 spiro atoms. The average molecular weight is 426 g/mol. The van der Waals surface area contributed by atoms with Gasteiger partial charge in [-0.25, -0.2) is 0 Å². The van der Waals surface area contributed by atoms with Gasteiger partial charge in [0.1, 0.15) is 17.2 Å². The third kappa shape index (κ3) is 4.40. The van der Waals surface area contributed by atoms with Crippen LogP contribution in [0.25, 0.3) is 21.5 Å². The first kappa shape index (κ1) is 19.2. The van der Waals surface area contributed by atoms with Crippen molar-refractivity contribution in [2.24, 2.45) is 0 Å². The molecule has 0 radical (unpaired) electrons. The molecule has 0 bridgehead atoms. The molecule has 0 heterocycles. The van der Waals surface area contributed by atoms with Crippen LogP contribution in [-0.2, 0) is 4.57 Å². The van der Waals surface area contributed by atoms with Crippen LogP contribution < -0.4 is 13.6 Å². The summed E-state index contributed by atoms with van der Waals surface area (Å²) in [5.74, 6) is 1.20. The van der Waals surface area contributed by atoms with E-state index in [0.29, 0.717) is 17.2 Å². The number of benzene rings is 5. The first-order valence-corrected chi connectivity index (χ1v) is 11.3. The van der Waals surface area contributed by atoms with E-state index in [1.807, 2.05) is 78.9 Å². The van der Waals surface area contributed by atoms with E-state index in [1.54, 1.807) is 36.4 Å². The Balaban J connectivity index is 1.50. The molecular weight excluding hydrogens is 407 g/mol. The van der Waals surface area contributed by atoms with E-state index in [4.69, 9.17) is 13.6 Å². The maximum atomic E-state index is 13.7. The lowest BCUT2D eigenvalue weighted by Crippen LogP contribution is -2.07. The summed E-state index contributed by atoms with van der Waals surface area (Å²) >= 11 is 0. The molecule has 5 rings (SSSR count). The van der Waals surface area contributed by atoms with Crippen LogP contribution in [0.15, 0.2) is 115 Å². The highest BCUT2D eigenvalue weighted by atomic mass is 31.2. The molecule has 0 aliphatic rings. The smallest absolute Gasteiger partial charge is 0.386 e. The summed E-state index contributed by atoms with van der Waals surface area (Å²) in [6, 6.07) is 35.6. The monoisotopic (exact) mass is 426 g/mol. The van der Waals surface area contributed by atoms with Crippen molar-refractivity contribution in [3.63, 3.8) is 0 Å². The Morgan fingerprint density at radius 2 is 0.839 bits per heavy atom. The SMILES string of the molecule is O=P(Oc1ccccc1)(Oc1ccc2ccccc2c1)Oc1ccc2ccccc2c1. The Morgan fingerprint density at radius 3 is 1.35 bits per heavy atom. The van der Waals surface area contributed by atoms with Crippen LogP contribution in [0.2, 0.25) is 0 Å². The molecule has 5 aromatic rings. The molecule has 0 saturated heterocycles. The Kier molecular flexibility index (Phi) is 5.07. The van der Waals surface area contributed by atoms with Crippen molar-refractivity contribution in [2.75, 3.05) is 0 Å². The van der Waals surface area contributed by atoms with Gasteiger partial charge in [0.15, 0.2) is 0 Å². The molecule has 0 saturated carbocycles. The van der Waals surface area contributed by atoms with E-state index in [2.05, 4.69) is 0 Å². The van der Waals surface area contributed by atoms with Crippen LogP contribution in [0.3, 0.4) is 0 Å². The minimum Gasteiger partial charge on any atom is -0.386 e. The van der Waals surface area contributed by atoms with Crippen molar-refractivity contribution >= 4 is 29.4 Å². The second kappa shape index (κ2) is 8.17. The van der Waals surface area contributed by atoms with Gasteiger partial charge in [-0.3, -0.25) is 0 Å². The lowest BCUT2D eigenvalue weighted by molar-refractivity contribution is 0.299. The second-order valence-electron chi connectivity index (χ2n) is 7.05. The largest absolute Gasteiger partial charge is 0.647 e. The molecule has 31 heavy (non-hydrogen) atoms. The van der Waals surface area contributed by atoms with Gasteiger partial charge in [-0.05, 0) is 57.9 Å². The maximum Gasteiger partial charge on any atom is 0.647 e. The fourth-order valence-electron chi connectivity index (χ4n) is 3.37. The Morgan fingerprint density at radius 1 is 0.419 bits per heavy atom. The normalized spacial score (nSPS) is 11.4. The van der Waals surface area contributed by atoms with Gasteiger partial charge in [-0.15, -0.1) is 0 Å². The first-order valence-electron chi connectivity index (χ1n) is 9.88. The summed E-state index contributed by atoms with van der Waals surface area (Å²) in [4.78, 5) is 0. The fraction of sp³-hybridized carbons (Fsp3) is 0. The third-order valence-corrected chi connectivity index (χ3v) is 6.14. The summed E-state index contributed by atoms with van der Waals surface area (Å²) in [5, 5.41) is 4.06. The maximum absolute atomic E-state index is 13.7. The lowest BCUT2D eigenvalue weighted by atomic mass is 10.1. The Bertz CT molecular complexity index is 1310. The minimum absolute atomic E-state index is 0.396. The molecular formula is C26H19O4P. The van der Waals surface area contributed by atoms with E-state index in [-0.39, 0.29) is 0 Å². The Labute approximate surface area is 180 Å². The van der Waals surface area contributed by atoms with Crippen LogP contribution in [-0.4, -0.2) is 0 Å². The molecule has 152 valence electrons. The molecule has 0 aliphatic carbocycles. The predicted octanol–water partition coefficient (Wildman–Crippen LogP) is 7.64. The van der Waals surface area contributed by atoms with Crippen LogP contribution in [0.1, 0.15) is 0 Å². The van der Waals surface area contributed by atoms with Gasteiger partial charge in [-0.1, -0.05) is 78.9 Å². The number of phosphoric acid groups is 1. The van der Waals surface area contributed by atoms with E-state index < -0.39 is 7.82 Å². The molecule has 0 atom stereocenters. The number of hydrogen-bond donors (Lipinski definition) is 0. The van der Waals surface area contributed by atoms with Gasteiger partial charge in [0, 0.05) is 0 Å². The quantitative estimate of drug-likeness (QED) is 0.262. The molecule has 5 aromatic carbocycles. The fourth-order valence-corrected chi connectivity index (χ4v) is 4.61. The number of rotatable bonds is 6. The number of phosphoric ester groups is 1. The van der Waals surface area contributed by atoms with Crippen LogP contribution in [0.5, 0.6) is 17.2 Å². The summed E-state index contributed by atoms with van der Waals surface area (Å²) in [6.07, 6.45) is 0. The molecule has 5 heteroatoms. The zero-order valence-corrected chi connectivity index (χ0v) is 17.4. The first-order chi connectivity index (χ1) is 15.2. The highest BCUT2D eigenvalue weighted by Crippen LogP contribution is 2.50. The zero-order valence-electron chi connectivity index (χ0n) is 16.5. The summed E-state index contributed by atoms with van der Waals surface area (Å²) in [7, 11) is -4.04. The van der Waals surface area contributed by atoms with Crippen molar-refractivity contribution in [1.82, 2.24) is 0 Å². The van der Waals surface area contributed by atoms with E-state index in [9.17, 15) is 4.57 Å². The van der Waals surface area contributed by atoms with Gasteiger partial charge in [0.05, 0.1) is 0 Å². The van der Waals surface area contributed by atoms with Crippen molar-refractivity contribution in [2.45, 2.75) is 0 Å². The van der Waals surface area contributed by atoms with Crippen molar-refractivity contribution in [3.8, 4) is 17.2 Å². The molecule has 4 nitrogen and oxygen atoms in total.